The summed E-state index contributed by atoms with van der Waals surface area (Å²) in [6.07, 6.45) is 0. The first-order valence-corrected chi connectivity index (χ1v) is 17.6. The van der Waals surface area contributed by atoms with E-state index in [4.69, 9.17) is 15.0 Å². The lowest BCUT2D eigenvalue weighted by atomic mass is 9.94. The van der Waals surface area contributed by atoms with Gasteiger partial charge in [0.2, 0.25) is 0 Å². The summed E-state index contributed by atoms with van der Waals surface area (Å²) < 4.78 is 0. The number of benzene rings is 9. The zero-order valence-electron chi connectivity index (χ0n) is 28.2. The van der Waals surface area contributed by atoms with Crippen LogP contribution in [0, 0.1) is 0 Å². The van der Waals surface area contributed by atoms with Crippen LogP contribution in [0.4, 0.5) is 0 Å². The monoisotopic (exact) mass is 661 g/mol. The first-order chi connectivity index (χ1) is 25.7. The molecule has 0 amide bonds. The van der Waals surface area contributed by atoms with Gasteiger partial charge in [0, 0.05) is 16.7 Å². The Balaban J connectivity index is 1.06. The maximum absolute atomic E-state index is 5.08. The highest BCUT2D eigenvalue weighted by Crippen LogP contribution is 2.35. The van der Waals surface area contributed by atoms with Gasteiger partial charge in [-0.3, -0.25) is 0 Å². The van der Waals surface area contributed by atoms with Gasteiger partial charge in [-0.25, -0.2) is 15.0 Å². The van der Waals surface area contributed by atoms with E-state index >= 15 is 0 Å². The molecule has 242 valence electrons. The van der Waals surface area contributed by atoms with Crippen LogP contribution in [-0.4, -0.2) is 15.0 Å². The minimum absolute atomic E-state index is 0.649. The van der Waals surface area contributed by atoms with Crippen molar-refractivity contribution in [2.75, 3.05) is 0 Å². The summed E-state index contributed by atoms with van der Waals surface area (Å²) in [5.74, 6) is 1.96. The standard InChI is InChI=1S/C49H31N3/c1-2-9-32(10-3-1)37-25-26-46-40(27-37)15-8-16-45(46)41-21-19-39-31-44(24-20-38(39)28-41)49-51-47(42-22-17-33-11-4-6-13-35(33)29-42)50-48(52-49)43-23-18-34-12-5-7-14-36(34)30-43/h1-31H. The van der Waals surface area contributed by atoms with Crippen molar-refractivity contribution >= 4 is 43.1 Å². The molecule has 0 saturated heterocycles. The average Bonchev–Trinajstić information content (AvgIpc) is 3.22. The zero-order valence-corrected chi connectivity index (χ0v) is 28.2. The molecule has 1 heterocycles. The molecule has 0 N–H and O–H groups in total. The van der Waals surface area contributed by atoms with Gasteiger partial charge < -0.3 is 0 Å². The van der Waals surface area contributed by atoms with Crippen LogP contribution in [-0.2, 0) is 0 Å². The van der Waals surface area contributed by atoms with Crippen LogP contribution in [0.25, 0.3) is 99.5 Å². The molecule has 0 fully saturated rings. The van der Waals surface area contributed by atoms with Gasteiger partial charge in [0.15, 0.2) is 17.5 Å². The molecule has 3 nitrogen and oxygen atoms in total. The van der Waals surface area contributed by atoms with Crippen LogP contribution in [0.5, 0.6) is 0 Å². The van der Waals surface area contributed by atoms with Crippen molar-refractivity contribution in [3.63, 3.8) is 0 Å². The fourth-order valence-corrected chi connectivity index (χ4v) is 7.32. The minimum atomic E-state index is 0.649. The van der Waals surface area contributed by atoms with Crippen LogP contribution in [0.1, 0.15) is 0 Å². The van der Waals surface area contributed by atoms with Crippen molar-refractivity contribution in [2.24, 2.45) is 0 Å². The van der Waals surface area contributed by atoms with Gasteiger partial charge in [-0.05, 0) is 95.7 Å². The molecular formula is C49H31N3. The quantitative estimate of drug-likeness (QED) is 0.184. The summed E-state index contributed by atoms with van der Waals surface area (Å²) in [6, 6.07) is 66.7. The Hall–Kier alpha value is -6.97. The van der Waals surface area contributed by atoms with E-state index < -0.39 is 0 Å². The number of aromatic nitrogens is 3. The molecule has 10 aromatic rings. The lowest BCUT2D eigenvalue weighted by Crippen LogP contribution is -2.00. The predicted molar refractivity (Wildman–Crippen MR) is 217 cm³/mol. The molecule has 1 aromatic heterocycles. The van der Waals surface area contributed by atoms with Crippen LogP contribution < -0.4 is 0 Å². The Morgan fingerprint density at radius 1 is 0.231 bits per heavy atom. The number of hydrogen-bond acceptors (Lipinski definition) is 3. The van der Waals surface area contributed by atoms with Gasteiger partial charge in [0.1, 0.15) is 0 Å². The normalized spacial score (nSPS) is 11.5. The first-order valence-electron chi connectivity index (χ1n) is 17.6. The Kier molecular flexibility index (Phi) is 7.14. The summed E-state index contributed by atoms with van der Waals surface area (Å²) in [7, 11) is 0. The molecule has 0 radical (unpaired) electrons. The van der Waals surface area contributed by atoms with E-state index in [2.05, 4.69) is 188 Å². The van der Waals surface area contributed by atoms with E-state index in [0.29, 0.717) is 17.5 Å². The van der Waals surface area contributed by atoms with Crippen molar-refractivity contribution in [3.8, 4) is 56.4 Å². The highest BCUT2D eigenvalue weighted by atomic mass is 15.0. The van der Waals surface area contributed by atoms with E-state index in [-0.39, 0.29) is 0 Å². The molecule has 0 saturated carbocycles. The third-order valence-corrected chi connectivity index (χ3v) is 10.0. The average molecular weight is 662 g/mol. The number of fused-ring (bicyclic) bond motifs is 4. The van der Waals surface area contributed by atoms with Gasteiger partial charge >= 0.3 is 0 Å². The number of nitrogens with zero attached hydrogens (tertiary/aromatic N) is 3. The third kappa shape index (κ3) is 5.46. The predicted octanol–water partition coefficient (Wildman–Crippen LogP) is 12.8. The SMILES string of the molecule is c1ccc(-c2ccc3c(-c4ccc5cc(-c6nc(-c7ccc8ccccc8c7)nc(-c7ccc8ccccc8c7)n6)ccc5c4)cccc3c2)cc1. The molecule has 0 bridgehead atoms. The van der Waals surface area contributed by atoms with Crippen LogP contribution in [0.2, 0.25) is 0 Å². The van der Waals surface area contributed by atoms with Crippen LogP contribution >= 0.6 is 0 Å². The van der Waals surface area contributed by atoms with Gasteiger partial charge in [0.25, 0.3) is 0 Å². The maximum atomic E-state index is 5.08. The molecular weight excluding hydrogens is 631 g/mol. The van der Waals surface area contributed by atoms with E-state index in [9.17, 15) is 0 Å². The Bertz CT molecular complexity index is 2870. The summed E-state index contributed by atoms with van der Waals surface area (Å²) in [6.45, 7) is 0. The van der Waals surface area contributed by atoms with Gasteiger partial charge in [-0.1, -0.05) is 158 Å². The van der Waals surface area contributed by atoms with E-state index in [1.165, 1.54) is 43.8 Å². The highest BCUT2D eigenvalue weighted by Gasteiger charge is 2.14. The Labute approximate surface area is 301 Å². The molecule has 0 aliphatic carbocycles. The van der Waals surface area contributed by atoms with Gasteiger partial charge in [-0.2, -0.15) is 0 Å². The maximum Gasteiger partial charge on any atom is 0.164 e. The summed E-state index contributed by atoms with van der Waals surface area (Å²) >= 11 is 0. The molecule has 10 rings (SSSR count). The molecule has 3 heteroatoms. The summed E-state index contributed by atoms with van der Waals surface area (Å²) in [5, 5.41) is 9.44. The smallest absolute Gasteiger partial charge is 0.164 e. The molecule has 0 atom stereocenters. The fraction of sp³-hybridized carbons (Fsp3) is 0. The third-order valence-electron chi connectivity index (χ3n) is 10.0. The second-order valence-electron chi connectivity index (χ2n) is 13.3. The molecule has 0 aliphatic rings. The fourth-order valence-electron chi connectivity index (χ4n) is 7.32. The highest BCUT2D eigenvalue weighted by molar-refractivity contribution is 6.01. The lowest BCUT2D eigenvalue weighted by Gasteiger charge is -2.12. The second kappa shape index (κ2) is 12.4. The zero-order chi connectivity index (χ0) is 34.4. The van der Waals surface area contributed by atoms with Crippen molar-refractivity contribution in [3.05, 3.63) is 188 Å². The molecule has 0 unspecified atom stereocenters. The number of rotatable bonds is 5. The van der Waals surface area contributed by atoms with Gasteiger partial charge in [0.05, 0.1) is 0 Å². The number of hydrogen-bond donors (Lipinski definition) is 0. The topological polar surface area (TPSA) is 38.7 Å². The Morgan fingerprint density at radius 2 is 0.635 bits per heavy atom. The second-order valence-corrected chi connectivity index (χ2v) is 13.3. The minimum Gasteiger partial charge on any atom is -0.208 e. The van der Waals surface area contributed by atoms with Gasteiger partial charge in [-0.15, -0.1) is 0 Å². The first kappa shape index (κ1) is 29.9. The van der Waals surface area contributed by atoms with Crippen LogP contribution in [0.3, 0.4) is 0 Å². The molecule has 52 heavy (non-hydrogen) atoms. The van der Waals surface area contributed by atoms with Crippen molar-refractivity contribution < 1.29 is 0 Å². The largest absolute Gasteiger partial charge is 0.208 e. The molecule has 0 aliphatic heterocycles. The van der Waals surface area contributed by atoms with Crippen molar-refractivity contribution in [1.29, 1.82) is 0 Å². The lowest BCUT2D eigenvalue weighted by molar-refractivity contribution is 1.08. The van der Waals surface area contributed by atoms with Crippen LogP contribution in [0.15, 0.2) is 188 Å². The van der Waals surface area contributed by atoms with E-state index in [0.717, 1.165) is 38.2 Å². The summed E-state index contributed by atoms with van der Waals surface area (Å²) in [4.78, 5) is 15.2. The Morgan fingerprint density at radius 3 is 1.21 bits per heavy atom. The molecule has 9 aromatic carbocycles. The van der Waals surface area contributed by atoms with E-state index in [1.54, 1.807) is 0 Å². The van der Waals surface area contributed by atoms with Crippen molar-refractivity contribution in [2.45, 2.75) is 0 Å². The molecule has 0 spiro atoms. The van der Waals surface area contributed by atoms with E-state index in [1.807, 2.05) is 0 Å². The van der Waals surface area contributed by atoms with Crippen molar-refractivity contribution in [1.82, 2.24) is 15.0 Å². The summed E-state index contributed by atoms with van der Waals surface area (Å²) in [5.41, 5.74) is 7.73.